The highest BCUT2D eigenvalue weighted by molar-refractivity contribution is 5.78. The minimum Gasteiger partial charge on any atom is -0.395 e. The van der Waals surface area contributed by atoms with Crippen molar-refractivity contribution in [3.63, 3.8) is 0 Å². The number of nitrogens with two attached hydrogens (primary N) is 2. The van der Waals surface area contributed by atoms with Crippen molar-refractivity contribution in [3.8, 4) is 0 Å². The monoisotopic (exact) mass is 472 g/mol. The molecule has 6 nitrogen and oxygen atoms in total. The van der Waals surface area contributed by atoms with Gasteiger partial charge in [0.25, 0.3) is 0 Å². The molecule has 0 spiro atoms. The van der Waals surface area contributed by atoms with E-state index in [1.807, 2.05) is 6.92 Å². The molecule has 0 aliphatic carbocycles. The molecule has 0 fully saturated rings. The summed E-state index contributed by atoms with van der Waals surface area (Å²) in [7, 11) is 0. The first-order valence-electron chi connectivity index (χ1n) is 13.9. The summed E-state index contributed by atoms with van der Waals surface area (Å²) in [6.45, 7) is 1.69. The fourth-order valence-corrected chi connectivity index (χ4v) is 4.20. The van der Waals surface area contributed by atoms with E-state index < -0.39 is 12.1 Å². The Hall–Kier alpha value is -0.530. The van der Waals surface area contributed by atoms with Crippen LogP contribution in [0.15, 0.2) is 0 Å². The molecule has 0 aromatic heterocycles. The highest BCUT2D eigenvalue weighted by Gasteiger charge is 2.12. The predicted octanol–water partition coefficient (Wildman–Crippen LogP) is 4.75. The van der Waals surface area contributed by atoms with Crippen LogP contribution in [0.4, 0.5) is 0 Å². The van der Waals surface area contributed by atoms with E-state index in [4.69, 9.17) is 16.6 Å². The Labute approximate surface area is 203 Å². The van der Waals surface area contributed by atoms with Crippen LogP contribution in [0, 0.1) is 0 Å². The highest BCUT2D eigenvalue weighted by Crippen LogP contribution is 2.15. The van der Waals surface area contributed by atoms with Crippen molar-refractivity contribution >= 4 is 5.78 Å². The van der Waals surface area contributed by atoms with Crippen molar-refractivity contribution in [2.24, 2.45) is 11.5 Å². The Morgan fingerprint density at radius 3 is 1.30 bits per heavy atom. The van der Waals surface area contributed by atoms with Crippen LogP contribution in [0.3, 0.4) is 0 Å². The third-order valence-electron chi connectivity index (χ3n) is 6.72. The SMILES string of the molecule is CC(N)C(O)CCCCCCCC(=O)CCCCCCCCCCCCCC(O)C(N)CO. The maximum atomic E-state index is 12.0. The van der Waals surface area contributed by atoms with Crippen LogP contribution in [0.2, 0.25) is 0 Å². The van der Waals surface area contributed by atoms with Gasteiger partial charge in [-0.1, -0.05) is 89.9 Å². The highest BCUT2D eigenvalue weighted by atomic mass is 16.3. The van der Waals surface area contributed by atoms with Crippen LogP contribution in [0.1, 0.15) is 135 Å². The Morgan fingerprint density at radius 2 is 0.939 bits per heavy atom. The van der Waals surface area contributed by atoms with Gasteiger partial charge in [-0.15, -0.1) is 0 Å². The Balaban J connectivity index is 3.27. The van der Waals surface area contributed by atoms with Gasteiger partial charge < -0.3 is 26.8 Å². The minimum absolute atomic E-state index is 0.144. The van der Waals surface area contributed by atoms with E-state index in [1.54, 1.807) is 0 Å². The van der Waals surface area contributed by atoms with E-state index in [1.165, 1.54) is 51.4 Å². The molecule has 0 rings (SSSR count). The van der Waals surface area contributed by atoms with Gasteiger partial charge in [0.1, 0.15) is 5.78 Å². The molecular weight excluding hydrogens is 416 g/mol. The number of hydrogen-bond acceptors (Lipinski definition) is 6. The lowest BCUT2D eigenvalue weighted by Crippen LogP contribution is -2.37. The van der Waals surface area contributed by atoms with Crippen molar-refractivity contribution in [1.29, 1.82) is 0 Å². The van der Waals surface area contributed by atoms with Gasteiger partial charge in [0, 0.05) is 18.9 Å². The molecule has 0 saturated heterocycles. The number of aliphatic hydroxyl groups excluding tert-OH is 3. The summed E-state index contributed by atoms with van der Waals surface area (Å²) in [5.41, 5.74) is 11.2. The molecule has 0 aromatic rings. The van der Waals surface area contributed by atoms with Crippen molar-refractivity contribution in [1.82, 2.24) is 0 Å². The van der Waals surface area contributed by atoms with E-state index >= 15 is 0 Å². The van der Waals surface area contributed by atoms with Crippen molar-refractivity contribution in [2.45, 2.75) is 160 Å². The van der Waals surface area contributed by atoms with Gasteiger partial charge in [0.05, 0.1) is 24.9 Å². The fraction of sp³-hybridized carbons (Fsp3) is 0.963. The second kappa shape index (κ2) is 23.2. The van der Waals surface area contributed by atoms with Gasteiger partial charge in [-0.25, -0.2) is 0 Å². The minimum atomic E-state index is -0.576. The van der Waals surface area contributed by atoms with Crippen LogP contribution in [-0.2, 0) is 4.79 Å². The second-order valence-electron chi connectivity index (χ2n) is 10.1. The second-order valence-corrected chi connectivity index (χ2v) is 10.1. The first-order chi connectivity index (χ1) is 15.9. The number of rotatable bonds is 25. The summed E-state index contributed by atoms with van der Waals surface area (Å²) in [5.74, 6) is 0.424. The molecule has 0 saturated carbocycles. The number of hydrogen-bond donors (Lipinski definition) is 5. The molecular formula is C27H56N2O4. The molecule has 0 aromatic carbocycles. The molecule has 4 unspecified atom stereocenters. The molecule has 0 aliphatic heterocycles. The lowest BCUT2D eigenvalue weighted by Gasteiger charge is -2.15. The van der Waals surface area contributed by atoms with Crippen LogP contribution >= 0.6 is 0 Å². The zero-order valence-electron chi connectivity index (χ0n) is 21.6. The van der Waals surface area contributed by atoms with Gasteiger partial charge in [0.15, 0.2) is 0 Å². The van der Waals surface area contributed by atoms with Gasteiger partial charge in [-0.05, 0) is 32.6 Å². The maximum Gasteiger partial charge on any atom is 0.132 e. The number of carbonyl (C=O) groups excluding carboxylic acids is 1. The molecule has 4 atom stereocenters. The molecule has 33 heavy (non-hydrogen) atoms. The smallest absolute Gasteiger partial charge is 0.132 e. The van der Waals surface area contributed by atoms with Crippen LogP contribution < -0.4 is 11.5 Å². The van der Waals surface area contributed by atoms with Gasteiger partial charge in [0.2, 0.25) is 0 Å². The first-order valence-corrected chi connectivity index (χ1v) is 13.9. The average molecular weight is 473 g/mol. The standard InChI is InChI=1S/C27H56N2O4/c1-23(28)26(32)20-16-13-9-11-15-19-24(31)18-14-10-7-5-3-2-4-6-8-12-17-21-27(33)25(29)22-30/h23,25-27,30,32-33H,2-22,28-29H2,1H3. The molecule has 0 amide bonds. The lowest BCUT2D eigenvalue weighted by molar-refractivity contribution is -0.119. The number of aliphatic hydroxyl groups is 3. The maximum absolute atomic E-state index is 12.0. The summed E-state index contributed by atoms with van der Waals surface area (Å²) in [6, 6.07) is -0.647. The van der Waals surface area contributed by atoms with Crippen LogP contribution in [0.5, 0.6) is 0 Å². The molecule has 0 bridgehead atoms. The third kappa shape index (κ3) is 21.7. The summed E-state index contributed by atoms with van der Waals surface area (Å²) < 4.78 is 0. The summed E-state index contributed by atoms with van der Waals surface area (Å²) in [5, 5.41) is 28.3. The zero-order chi connectivity index (χ0) is 24.7. The van der Waals surface area contributed by atoms with E-state index in [9.17, 15) is 15.0 Å². The van der Waals surface area contributed by atoms with E-state index in [0.717, 1.165) is 70.6 Å². The van der Waals surface area contributed by atoms with Crippen molar-refractivity contribution in [2.75, 3.05) is 6.61 Å². The molecule has 7 N–H and O–H groups in total. The summed E-state index contributed by atoms with van der Waals surface area (Å²) >= 11 is 0. The van der Waals surface area contributed by atoms with Gasteiger partial charge in [-0.3, -0.25) is 4.79 Å². The zero-order valence-corrected chi connectivity index (χ0v) is 21.6. The van der Waals surface area contributed by atoms with Crippen molar-refractivity contribution in [3.05, 3.63) is 0 Å². The van der Waals surface area contributed by atoms with Gasteiger partial charge >= 0.3 is 0 Å². The Morgan fingerprint density at radius 1 is 0.606 bits per heavy atom. The molecule has 0 heterocycles. The van der Waals surface area contributed by atoms with E-state index in [2.05, 4.69) is 0 Å². The predicted molar refractivity (Wildman–Crippen MR) is 138 cm³/mol. The number of unbranched alkanes of at least 4 members (excludes halogenated alkanes) is 14. The number of ketones is 1. The fourth-order valence-electron chi connectivity index (χ4n) is 4.20. The van der Waals surface area contributed by atoms with Crippen LogP contribution in [-0.4, -0.2) is 52.0 Å². The van der Waals surface area contributed by atoms with Crippen molar-refractivity contribution < 1.29 is 20.1 Å². The largest absolute Gasteiger partial charge is 0.395 e. The van der Waals surface area contributed by atoms with Gasteiger partial charge in [-0.2, -0.15) is 0 Å². The molecule has 0 aliphatic rings. The quantitative estimate of drug-likeness (QED) is 0.122. The Kier molecular flexibility index (Phi) is 22.9. The van der Waals surface area contributed by atoms with E-state index in [-0.39, 0.29) is 18.8 Å². The first kappa shape index (κ1) is 32.5. The Bertz CT molecular complexity index is 434. The lowest BCUT2D eigenvalue weighted by atomic mass is 10.0. The van der Waals surface area contributed by atoms with Crippen LogP contribution in [0.25, 0.3) is 0 Å². The van der Waals surface area contributed by atoms with E-state index in [0.29, 0.717) is 12.2 Å². The average Bonchev–Trinajstić information content (AvgIpc) is 2.80. The number of Topliss-reactive ketones (excluding diaryl/α,β-unsaturated/α-hetero) is 1. The third-order valence-corrected chi connectivity index (χ3v) is 6.72. The molecule has 6 heteroatoms. The normalized spacial score (nSPS) is 15.3. The summed E-state index contributed by atoms with van der Waals surface area (Å²) in [6.07, 6.45) is 20.5. The number of carbonyl (C=O) groups is 1. The molecule has 0 radical (unpaired) electrons. The summed E-state index contributed by atoms with van der Waals surface area (Å²) in [4.78, 5) is 12.0. The topological polar surface area (TPSA) is 130 Å². The molecule has 198 valence electrons.